The molecule has 0 saturated carbocycles. The lowest BCUT2D eigenvalue weighted by atomic mass is 10.1. The van der Waals surface area contributed by atoms with Crippen LogP contribution in [0.3, 0.4) is 0 Å². The summed E-state index contributed by atoms with van der Waals surface area (Å²) in [5.41, 5.74) is 1.02. The molecule has 8 nitrogen and oxygen atoms in total. The first-order chi connectivity index (χ1) is 16.5. The van der Waals surface area contributed by atoms with Crippen molar-refractivity contribution in [1.29, 1.82) is 0 Å². The van der Waals surface area contributed by atoms with Crippen molar-refractivity contribution in [2.75, 3.05) is 10.0 Å². The molecule has 1 amide bonds. The molecular formula is C25H23FN2O6S. The van der Waals surface area contributed by atoms with E-state index in [1.807, 2.05) is 0 Å². The number of hydrogen-bond donors (Lipinski definition) is 2. The highest BCUT2D eigenvalue weighted by Gasteiger charge is 2.23. The van der Waals surface area contributed by atoms with Gasteiger partial charge in [0, 0.05) is 11.3 Å². The smallest absolute Gasteiger partial charge is 0.339 e. The average Bonchev–Trinajstić information content (AvgIpc) is 2.80. The van der Waals surface area contributed by atoms with Crippen molar-refractivity contribution in [3.8, 4) is 0 Å². The van der Waals surface area contributed by atoms with Gasteiger partial charge in [-0.25, -0.2) is 17.6 Å². The molecule has 0 heterocycles. The van der Waals surface area contributed by atoms with Crippen molar-refractivity contribution in [2.45, 2.75) is 31.8 Å². The number of anilines is 2. The highest BCUT2D eigenvalue weighted by Crippen LogP contribution is 2.22. The van der Waals surface area contributed by atoms with Gasteiger partial charge >= 0.3 is 5.97 Å². The summed E-state index contributed by atoms with van der Waals surface area (Å²) in [5.74, 6) is -2.39. The van der Waals surface area contributed by atoms with Crippen molar-refractivity contribution in [3.63, 3.8) is 0 Å². The van der Waals surface area contributed by atoms with Crippen LogP contribution in [0.4, 0.5) is 15.8 Å². The number of benzene rings is 3. The zero-order valence-corrected chi connectivity index (χ0v) is 20.0. The summed E-state index contributed by atoms with van der Waals surface area (Å²) in [6.07, 6.45) is -1.20. The molecule has 3 aromatic carbocycles. The zero-order valence-electron chi connectivity index (χ0n) is 19.2. The van der Waals surface area contributed by atoms with E-state index in [-0.39, 0.29) is 21.9 Å². The van der Waals surface area contributed by atoms with Gasteiger partial charge < -0.3 is 10.1 Å². The molecule has 0 aliphatic heterocycles. The lowest BCUT2D eigenvalue weighted by Crippen LogP contribution is -2.30. The number of hydrogen-bond acceptors (Lipinski definition) is 6. The molecule has 1 atom stereocenters. The number of esters is 1. The summed E-state index contributed by atoms with van der Waals surface area (Å²) in [7, 11) is -4.20. The number of ketones is 1. The molecule has 35 heavy (non-hydrogen) atoms. The SMILES string of the molecule is CC(=O)c1ccc(NC(=O)C(C)OC(=O)c2cc(S(=O)(=O)Nc3ccccc3F)ccc2C)cc1. The highest BCUT2D eigenvalue weighted by molar-refractivity contribution is 7.92. The van der Waals surface area contributed by atoms with E-state index in [4.69, 9.17) is 4.74 Å². The van der Waals surface area contributed by atoms with Gasteiger partial charge in [-0.2, -0.15) is 0 Å². The van der Waals surface area contributed by atoms with E-state index in [9.17, 15) is 27.2 Å². The number of rotatable bonds is 8. The minimum absolute atomic E-state index is 0.0631. The first kappa shape index (κ1) is 25.6. The topological polar surface area (TPSA) is 119 Å². The minimum Gasteiger partial charge on any atom is -0.449 e. The molecule has 0 aromatic heterocycles. The van der Waals surface area contributed by atoms with Crippen LogP contribution < -0.4 is 10.0 Å². The Bertz CT molecular complexity index is 1390. The maximum Gasteiger partial charge on any atom is 0.339 e. The van der Waals surface area contributed by atoms with Crippen LogP contribution in [0.2, 0.25) is 0 Å². The van der Waals surface area contributed by atoms with Crippen LogP contribution in [0.5, 0.6) is 0 Å². The van der Waals surface area contributed by atoms with Gasteiger partial charge in [0.05, 0.1) is 16.1 Å². The van der Waals surface area contributed by atoms with Crippen LogP contribution in [-0.4, -0.2) is 32.2 Å². The average molecular weight is 499 g/mol. The Morgan fingerprint density at radius 1 is 0.971 bits per heavy atom. The monoisotopic (exact) mass is 498 g/mol. The van der Waals surface area contributed by atoms with Crippen LogP contribution in [0, 0.1) is 12.7 Å². The Hall–Kier alpha value is -4.05. The maximum absolute atomic E-state index is 13.9. The van der Waals surface area contributed by atoms with Crippen LogP contribution in [0.1, 0.15) is 40.1 Å². The number of halogens is 1. The number of amides is 1. The standard InChI is InChI=1S/C25H23FN2O6S/c1-15-8-13-20(35(32,33)28-23-7-5-4-6-22(23)26)14-21(15)25(31)34-17(3)24(30)27-19-11-9-18(10-12-19)16(2)29/h4-14,17,28H,1-3H3,(H,27,30). The third-order valence-electron chi connectivity index (χ3n) is 5.07. The lowest BCUT2D eigenvalue weighted by molar-refractivity contribution is -0.123. The summed E-state index contributed by atoms with van der Waals surface area (Å²) in [4.78, 5) is 36.3. The second-order valence-electron chi connectivity index (χ2n) is 7.73. The van der Waals surface area contributed by atoms with E-state index >= 15 is 0 Å². The molecular weight excluding hydrogens is 475 g/mol. The Kier molecular flexibility index (Phi) is 7.65. The van der Waals surface area contributed by atoms with E-state index in [2.05, 4.69) is 10.0 Å². The fraction of sp³-hybridized carbons (Fsp3) is 0.160. The van der Waals surface area contributed by atoms with Crippen molar-refractivity contribution in [2.24, 2.45) is 0 Å². The van der Waals surface area contributed by atoms with Gasteiger partial charge in [-0.1, -0.05) is 18.2 Å². The molecule has 0 aliphatic rings. The van der Waals surface area contributed by atoms with Gasteiger partial charge in [-0.05, 0) is 74.9 Å². The second-order valence-corrected chi connectivity index (χ2v) is 9.41. The van der Waals surface area contributed by atoms with Gasteiger partial charge in [0.2, 0.25) is 0 Å². The van der Waals surface area contributed by atoms with Crippen molar-refractivity contribution in [3.05, 3.63) is 89.2 Å². The fourth-order valence-corrected chi connectivity index (χ4v) is 4.14. The van der Waals surface area contributed by atoms with Crippen molar-refractivity contribution in [1.82, 2.24) is 0 Å². The van der Waals surface area contributed by atoms with Gasteiger partial charge in [0.1, 0.15) is 5.82 Å². The van der Waals surface area contributed by atoms with Crippen LogP contribution >= 0.6 is 0 Å². The Labute approximate surface area is 202 Å². The number of Topliss-reactive ketones (excluding diaryl/α,β-unsaturated/α-hetero) is 1. The zero-order chi connectivity index (χ0) is 25.8. The second kappa shape index (κ2) is 10.5. The van der Waals surface area contributed by atoms with Crippen LogP contribution in [0.15, 0.2) is 71.6 Å². The molecule has 2 N–H and O–H groups in total. The molecule has 10 heteroatoms. The molecule has 0 saturated heterocycles. The van der Waals surface area contributed by atoms with E-state index < -0.39 is 33.8 Å². The van der Waals surface area contributed by atoms with Crippen LogP contribution in [0.25, 0.3) is 0 Å². The largest absolute Gasteiger partial charge is 0.449 e. The van der Waals surface area contributed by atoms with Gasteiger partial charge in [0.25, 0.3) is 15.9 Å². The molecule has 1 unspecified atom stereocenters. The molecule has 3 aromatic rings. The summed E-state index contributed by atoms with van der Waals surface area (Å²) >= 11 is 0. The predicted octanol–water partition coefficient (Wildman–Crippen LogP) is 4.32. The van der Waals surface area contributed by atoms with E-state index in [0.717, 1.165) is 12.1 Å². The molecule has 0 fully saturated rings. The number of carbonyl (C=O) groups excluding carboxylic acids is 3. The number of sulfonamides is 1. The summed E-state index contributed by atoms with van der Waals surface area (Å²) < 4.78 is 46.7. The molecule has 0 spiro atoms. The molecule has 0 bridgehead atoms. The number of nitrogens with one attached hydrogen (secondary N) is 2. The Morgan fingerprint density at radius 3 is 2.26 bits per heavy atom. The van der Waals surface area contributed by atoms with Crippen molar-refractivity contribution >= 4 is 39.1 Å². The maximum atomic E-state index is 13.9. The third-order valence-corrected chi connectivity index (χ3v) is 6.43. The number of aryl methyl sites for hydroxylation is 1. The van der Waals surface area contributed by atoms with Gasteiger partial charge in [0.15, 0.2) is 11.9 Å². The molecule has 3 rings (SSSR count). The predicted molar refractivity (Wildman–Crippen MR) is 128 cm³/mol. The lowest BCUT2D eigenvalue weighted by Gasteiger charge is -2.15. The molecule has 0 aliphatic carbocycles. The summed E-state index contributed by atoms with van der Waals surface area (Å²) in [5, 5.41) is 2.58. The normalized spacial score (nSPS) is 11.9. The quantitative estimate of drug-likeness (QED) is 0.353. The third kappa shape index (κ3) is 6.30. The fourth-order valence-electron chi connectivity index (χ4n) is 3.05. The van der Waals surface area contributed by atoms with Gasteiger partial charge in [-0.3, -0.25) is 14.3 Å². The molecule has 0 radical (unpaired) electrons. The van der Waals surface area contributed by atoms with E-state index in [1.54, 1.807) is 31.2 Å². The molecule has 182 valence electrons. The van der Waals surface area contributed by atoms with Gasteiger partial charge in [-0.15, -0.1) is 0 Å². The summed E-state index contributed by atoms with van der Waals surface area (Å²) in [6.45, 7) is 4.37. The first-order valence-corrected chi connectivity index (χ1v) is 12.0. The Morgan fingerprint density at radius 2 is 1.63 bits per heavy atom. The first-order valence-electron chi connectivity index (χ1n) is 10.5. The van der Waals surface area contributed by atoms with E-state index in [0.29, 0.717) is 16.8 Å². The van der Waals surface area contributed by atoms with E-state index in [1.165, 1.54) is 44.2 Å². The Balaban J connectivity index is 1.73. The summed E-state index contributed by atoms with van der Waals surface area (Å²) in [6, 6.07) is 15.3. The highest BCUT2D eigenvalue weighted by atomic mass is 32.2. The minimum atomic E-state index is -4.20. The van der Waals surface area contributed by atoms with Crippen LogP contribution in [-0.2, 0) is 19.6 Å². The number of carbonyl (C=O) groups is 3. The number of para-hydroxylation sites is 1. The van der Waals surface area contributed by atoms with Crippen molar-refractivity contribution < 1.29 is 31.9 Å². The number of ether oxygens (including phenoxy) is 1.